The van der Waals surface area contributed by atoms with Crippen molar-refractivity contribution in [2.24, 2.45) is 4.99 Å². The van der Waals surface area contributed by atoms with Gasteiger partial charge in [0, 0.05) is 10.9 Å². The number of aliphatic imine (C=N–C) groups is 1. The lowest BCUT2D eigenvalue weighted by molar-refractivity contribution is 0.340. The number of ether oxygens (including phenoxy) is 1. The molecule has 0 saturated carbocycles. The van der Waals surface area contributed by atoms with Crippen molar-refractivity contribution in [2.45, 2.75) is 31.7 Å². The van der Waals surface area contributed by atoms with Gasteiger partial charge in [-0.15, -0.1) is 0 Å². The summed E-state index contributed by atoms with van der Waals surface area (Å²) in [5, 5.41) is 0.929. The molecule has 0 unspecified atom stereocenters. The predicted octanol–water partition coefficient (Wildman–Crippen LogP) is 3.67. The van der Waals surface area contributed by atoms with Crippen molar-refractivity contribution in [2.75, 3.05) is 23.0 Å². The van der Waals surface area contributed by atoms with Crippen molar-refractivity contribution in [3.8, 4) is 5.75 Å². The molecule has 148 valence electrons. The summed E-state index contributed by atoms with van der Waals surface area (Å²) in [6.07, 6.45) is 0. The van der Waals surface area contributed by atoms with E-state index in [0.717, 1.165) is 16.6 Å². The quantitative estimate of drug-likeness (QED) is 0.744. The molecule has 2 aromatic rings. The lowest BCUT2D eigenvalue weighted by Gasteiger charge is -2.25. The molecule has 2 aliphatic heterocycles. The van der Waals surface area contributed by atoms with Gasteiger partial charge in [0.15, 0.2) is 15.0 Å². The number of amidine groups is 1. The van der Waals surface area contributed by atoms with Gasteiger partial charge in [0.1, 0.15) is 5.75 Å². The topological polar surface area (TPSA) is 59.0 Å². The Morgan fingerprint density at radius 1 is 1.18 bits per heavy atom. The number of benzene rings is 2. The van der Waals surface area contributed by atoms with Crippen LogP contribution in [0.2, 0.25) is 0 Å². The van der Waals surface area contributed by atoms with E-state index >= 15 is 0 Å². The van der Waals surface area contributed by atoms with Gasteiger partial charge in [-0.25, -0.2) is 8.42 Å². The summed E-state index contributed by atoms with van der Waals surface area (Å²) in [4.78, 5) is 6.98. The highest BCUT2D eigenvalue weighted by molar-refractivity contribution is 8.15. The Balaban J connectivity index is 1.64. The number of hydrogen-bond donors (Lipinski definition) is 0. The highest BCUT2D eigenvalue weighted by Crippen LogP contribution is 2.37. The molecule has 2 atom stereocenters. The Kier molecular flexibility index (Phi) is 5.38. The highest BCUT2D eigenvalue weighted by Gasteiger charge is 2.44. The van der Waals surface area contributed by atoms with E-state index in [1.54, 1.807) is 11.8 Å². The third kappa shape index (κ3) is 4.20. The standard InChI is InChI=1S/C21H24N2O3S2/c1-3-26-18-9-7-17(8-10-18)23(12-16-6-4-5-15(2)11-16)21-22-19-13-28(24,25)14-20(19)27-21/h4-11,19-20H,3,12-14H2,1-2H3/t19-,20+/m1/s1. The first kappa shape index (κ1) is 19.3. The van der Waals surface area contributed by atoms with Crippen LogP contribution < -0.4 is 9.64 Å². The average molecular weight is 417 g/mol. The third-order valence-corrected chi connectivity index (χ3v) is 8.17. The molecule has 0 radical (unpaired) electrons. The molecule has 0 aromatic heterocycles. The molecule has 4 rings (SSSR count). The van der Waals surface area contributed by atoms with Crippen molar-refractivity contribution in [3.63, 3.8) is 0 Å². The number of thioether (sulfide) groups is 1. The smallest absolute Gasteiger partial charge is 0.164 e. The van der Waals surface area contributed by atoms with Gasteiger partial charge < -0.3 is 9.64 Å². The fourth-order valence-electron chi connectivity index (χ4n) is 3.62. The second-order valence-corrected chi connectivity index (χ2v) is 10.6. The molecule has 0 N–H and O–H groups in total. The number of fused-ring (bicyclic) bond motifs is 1. The maximum Gasteiger partial charge on any atom is 0.164 e. The van der Waals surface area contributed by atoms with E-state index in [1.807, 2.05) is 31.2 Å². The van der Waals surface area contributed by atoms with Crippen molar-refractivity contribution >= 4 is 32.5 Å². The zero-order valence-corrected chi connectivity index (χ0v) is 17.7. The Morgan fingerprint density at radius 3 is 2.64 bits per heavy atom. The van der Waals surface area contributed by atoms with E-state index in [0.29, 0.717) is 13.2 Å². The van der Waals surface area contributed by atoms with Gasteiger partial charge in [-0.05, 0) is 43.7 Å². The van der Waals surface area contributed by atoms with Gasteiger partial charge in [-0.3, -0.25) is 4.99 Å². The molecule has 0 spiro atoms. The van der Waals surface area contributed by atoms with Gasteiger partial charge in [0.05, 0.1) is 30.7 Å². The van der Waals surface area contributed by atoms with E-state index in [2.05, 4.69) is 36.1 Å². The first-order valence-corrected chi connectivity index (χ1v) is 12.1. The summed E-state index contributed by atoms with van der Waals surface area (Å²) in [6, 6.07) is 16.3. The minimum atomic E-state index is -2.96. The molecule has 2 heterocycles. The molecule has 7 heteroatoms. The summed E-state index contributed by atoms with van der Waals surface area (Å²) in [6.45, 7) is 5.37. The van der Waals surface area contributed by atoms with Crippen LogP contribution in [0, 0.1) is 6.92 Å². The SMILES string of the molecule is CCOc1ccc(N(Cc2cccc(C)c2)C2=N[C@@H]3CS(=O)(=O)C[C@@H]3S2)cc1. The summed E-state index contributed by atoms with van der Waals surface area (Å²) >= 11 is 1.59. The minimum absolute atomic E-state index is 0.0303. The molecule has 1 fully saturated rings. The van der Waals surface area contributed by atoms with E-state index in [-0.39, 0.29) is 22.8 Å². The lowest BCUT2D eigenvalue weighted by Crippen LogP contribution is -2.28. The normalized spacial score (nSPS) is 22.6. The van der Waals surface area contributed by atoms with Gasteiger partial charge in [-0.2, -0.15) is 0 Å². The van der Waals surface area contributed by atoms with Crippen LogP contribution in [0.1, 0.15) is 18.1 Å². The van der Waals surface area contributed by atoms with Gasteiger partial charge >= 0.3 is 0 Å². The van der Waals surface area contributed by atoms with E-state index in [1.165, 1.54) is 11.1 Å². The Labute approximate surface area is 170 Å². The first-order chi connectivity index (χ1) is 13.4. The zero-order valence-electron chi connectivity index (χ0n) is 16.0. The summed E-state index contributed by atoms with van der Waals surface area (Å²) in [5.41, 5.74) is 3.44. The van der Waals surface area contributed by atoms with E-state index < -0.39 is 9.84 Å². The maximum atomic E-state index is 11.9. The Hall–Kier alpha value is -1.99. The monoisotopic (exact) mass is 416 g/mol. The fraction of sp³-hybridized carbons (Fsp3) is 0.381. The highest BCUT2D eigenvalue weighted by atomic mass is 32.2. The van der Waals surface area contributed by atoms with Gasteiger partial charge in [0.2, 0.25) is 0 Å². The predicted molar refractivity (Wildman–Crippen MR) is 116 cm³/mol. The molecule has 1 saturated heterocycles. The summed E-state index contributed by atoms with van der Waals surface area (Å²) in [5.74, 6) is 1.22. The molecule has 2 aromatic carbocycles. The minimum Gasteiger partial charge on any atom is -0.494 e. The van der Waals surface area contributed by atoms with Crippen LogP contribution in [-0.4, -0.2) is 43.0 Å². The number of rotatable bonds is 5. The molecular formula is C21H24N2O3S2. The molecule has 0 amide bonds. The maximum absolute atomic E-state index is 11.9. The van der Waals surface area contributed by atoms with Crippen LogP contribution in [-0.2, 0) is 16.4 Å². The number of hydrogen-bond acceptors (Lipinski definition) is 6. The number of nitrogens with zero attached hydrogens (tertiary/aromatic N) is 2. The van der Waals surface area contributed by atoms with Crippen molar-refractivity contribution in [1.29, 1.82) is 0 Å². The Morgan fingerprint density at radius 2 is 1.96 bits per heavy atom. The van der Waals surface area contributed by atoms with Crippen LogP contribution in [0.5, 0.6) is 5.75 Å². The number of sulfone groups is 1. The molecule has 0 bridgehead atoms. The largest absolute Gasteiger partial charge is 0.494 e. The molecule has 2 aliphatic rings. The van der Waals surface area contributed by atoms with Crippen LogP contribution in [0.4, 0.5) is 5.69 Å². The zero-order chi connectivity index (χ0) is 19.7. The van der Waals surface area contributed by atoms with Crippen molar-refractivity contribution in [1.82, 2.24) is 0 Å². The fourth-order valence-corrected chi connectivity index (χ4v) is 7.40. The van der Waals surface area contributed by atoms with Crippen LogP contribution >= 0.6 is 11.8 Å². The molecule has 5 nitrogen and oxygen atoms in total. The molecular weight excluding hydrogens is 392 g/mol. The Bertz CT molecular complexity index is 987. The number of anilines is 1. The van der Waals surface area contributed by atoms with Crippen LogP contribution in [0.25, 0.3) is 0 Å². The average Bonchev–Trinajstić information content (AvgIpc) is 3.14. The second-order valence-electron chi connectivity index (χ2n) is 7.21. The van der Waals surface area contributed by atoms with Gasteiger partial charge in [0.25, 0.3) is 0 Å². The van der Waals surface area contributed by atoms with Crippen molar-refractivity contribution < 1.29 is 13.2 Å². The van der Waals surface area contributed by atoms with E-state index in [4.69, 9.17) is 9.73 Å². The molecule has 28 heavy (non-hydrogen) atoms. The lowest BCUT2D eigenvalue weighted by atomic mass is 10.1. The first-order valence-electron chi connectivity index (χ1n) is 9.44. The third-order valence-electron chi connectivity index (χ3n) is 4.92. The summed E-state index contributed by atoms with van der Waals surface area (Å²) < 4.78 is 29.4. The van der Waals surface area contributed by atoms with E-state index in [9.17, 15) is 8.42 Å². The van der Waals surface area contributed by atoms with Crippen LogP contribution in [0.15, 0.2) is 53.5 Å². The molecule has 0 aliphatic carbocycles. The van der Waals surface area contributed by atoms with Crippen LogP contribution in [0.3, 0.4) is 0 Å². The van der Waals surface area contributed by atoms with Gasteiger partial charge in [-0.1, -0.05) is 41.6 Å². The summed E-state index contributed by atoms with van der Waals surface area (Å²) in [7, 11) is -2.96. The second kappa shape index (κ2) is 7.79. The number of aryl methyl sites for hydroxylation is 1. The van der Waals surface area contributed by atoms with Crippen molar-refractivity contribution in [3.05, 3.63) is 59.7 Å².